The summed E-state index contributed by atoms with van der Waals surface area (Å²) < 4.78 is 6.28. The minimum Gasteiger partial charge on any atom is -0.495 e. The summed E-state index contributed by atoms with van der Waals surface area (Å²) in [6, 6.07) is 14.8. The highest BCUT2D eigenvalue weighted by atomic mass is 79.9. The van der Waals surface area contributed by atoms with Crippen LogP contribution in [0.4, 0.5) is 5.69 Å². The summed E-state index contributed by atoms with van der Waals surface area (Å²) in [7, 11) is 1.57. The van der Waals surface area contributed by atoms with Crippen molar-refractivity contribution < 1.29 is 9.53 Å². The van der Waals surface area contributed by atoms with E-state index in [0.29, 0.717) is 27.8 Å². The number of hydrogen-bond acceptors (Lipinski definition) is 3. The summed E-state index contributed by atoms with van der Waals surface area (Å²) in [5, 5.41) is 9.64. The lowest BCUT2D eigenvalue weighted by molar-refractivity contribution is -0.113. The molecule has 3 N–H and O–H groups in total. The summed E-state index contributed by atoms with van der Waals surface area (Å²) in [5.41, 5.74) is 2.85. The fourth-order valence-corrected chi connectivity index (χ4v) is 3.37. The van der Waals surface area contributed by atoms with E-state index in [2.05, 4.69) is 31.9 Å². The Labute approximate surface area is 165 Å². The van der Waals surface area contributed by atoms with E-state index < -0.39 is 0 Å². The first kappa shape index (κ1) is 18.4. The van der Waals surface area contributed by atoms with Crippen molar-refractivity contribution in [1.29, 1.82) is 0 Å². The molecule has 5 nitrogen and oxygen atoms in total. The van der Waals surface area contributed by atoms with Crippen LogP contribution in [0.15, 0.2) is 64.3 Å². The number of ether oxygens (including phenoxy) is 1. The maximum absolute atomic E-state index is 13.0. The van der Waals surface area contributed by atoms with Gasteiger partial charge < -0.3 is 20.7 Å². The number of amides is 1. The molecule has 1 heterocycles. The normalized spacial score (nSPS) is 16.6. The molecule has 134 valence electrons. The van der Waals surface area contributed by atoms with Crippen molar-refractivity contribution in [2.24, 2.45) is 0 Å². The zero-order chi connectivity index (χ0) is 18.7. The lowest BCUT2D eigenvalue weighted by Gasteiger charge is -2.30. The zero-order valence-corrected chi connectivity index (χ0v) is 16.7. The van der Waals surface area contributed by atoms with Crippen LogP contribution in [0, 0.1) is 0 Å². The molecule has 1 aliphatic rings. The molecule has 0 aromatic heterocycles. The molecule has 1 amide bonds. The first-order valence-corrected chi connectivity index (χ1v) is 9.18. The van der Waals surface area contributed by atoms with E-state index in [1.54, 1.807) is 19.2 Å². The molecule has 1 atom stereocenters. The Hall–Kier alpha value is -2.38. The van der Waals surface area contributed by atoms with Crippen molar-refractivity contribution >= 4 is 44.9 Å². The zero-order valence-electron chi connectivity index (χ0n) is 14.3. The van der Waals surface area contributed by atoms with Crippen molar-refractivity contribution in [3.05, 3.63) is 69.8 Å². The molecule has 0 saturated carbocycles. The predicted molar refractivity (Wildman–Crippen MR) is 110 cm³/mol. The summed E-state index contributed by atoms with van der Waals surface area (Å²) in [5.74, 6) is 0.383. The number of methoxy groups -OCH3 is 1. The summed E-state index contributed by atoms with van der Waals surface area (Å²) >= 11 is 8.71. The van der Waals surface area contributed by atoms with Gasteiger partial charge in [-0.1, -0.05) is 40.2 Å². The fourth-order valence-electron chi connectivity index (χ4n) is 2.84. The lowest BCUT2D eigenvalue weighted by Crippen LogP contribution is -2.45. The summed E-state index contributed by atoms with van der Waals surface area (Å²) in [4.78, 5) is 13.0. The van der Waals surface area contributed by atoms with Crippen LogP contribution >= 0.6 is 28.1 Å². The van der Waals surface area contributed by atoms with E-state index in [1.165, 1.54) is 0 Å². The van der Waals surface area contributed by atoms with Gasteiger partial charge in [0.1, 0.15) is 5.75 Å². The van der Waals surface area contributed by atoms with Crippen molar-refractivity contribution in [3.8, 4) is 5.75 Å². The van der Waals surface area contributed by atoms with Crippen molar-refractivity contribution in [2.45, 2.75) is 13.0 Å². The SMILES string of the molecule is COc1ccccc1NC(=O)C1=C(C)NC(=S)NC1c1ccc(Br)cc1. The number of carbonyl (C=O) groups excluding carboxylic acids is 1. The number of nitrogens with one attached hydrogen (secondary N) is 3. The van der Waals surface area contributed by atoms with E-state index in [-0.39, 0.29) is 11.9 Å². The van der Waals surface area contributed by atoms with Crippen LogP contribution in [-0.4, -0.2) is 18.1 Å². The Morgan fingerprint density at radius 1 is 1.19 bits per heavy atom. The number of carbonyl (C=O) groups is 1. The summed E-state index contributed by atoms with van der Waals surface area (Å²) in [6.45, 7) is 1.84. The fraction of sp³-hybridized carbons (Fsp3) is 0.158. The highest BCUT2D eigenvalue weighted by molar-refractivity contribution is 9.10. The Balaban J connectivity index is 1.95. The number of thiocarbonyl (C=S) groups is 1. The maximum Gasteiger partial charge on any atom is 0.255 e. The van der Waals surface area contributed by atoms with Crippen LogP contribution in [0.5, 0.6) is 5.75 Å². The number of rotatable bonds is 4. The van der Waals surface area contributed by atoms with Gasteiger partial charge in [0.2, 0.25) is 0 Å². The van der Waals surface area contributed by atoms with Gasteiger partial charge in [0, 0.05) is 10.2 Å². The van der Waals surface area contributed by atoms with Crippen LogP contribution in [0.1, 0.15) is 18.5 Å². The molecule has 0 saturated heterocycles. The standard InChI is InChI=1S/C19H18BrN3O2S/c1-11-16(18(24)22-14-5-3-4-6-15(14)25-2)17(23-19(26)21-11)12-7-9-13(20)10-8-12/h3-10,17H,1-2H3,(H,22,24)(H2,21,23,26). The molecular weight excluding hydrogens is 414 g/mol. The molecule has 1 aliphatic heterocycles. The van der Waals surface area contributed by atoms with Crippen LogP contribution in [0.3, 0.4) is 0 Å². The predicted octanol–water partition coefficient (Wildman–Crippen LogP) is 3.89. The van der Waals surface area contributed by atoms with Gasteiger partial charge in [0.25, 0.3) is 5.91 Å². The van der Waals surface area contributed by atoms with Gasteiger partial charge in [-0.3, -0.25) is 4.79 Å². The third-order valence-corrected chi connectivity index (χ3v) is 4.82. The molecule has 0 radical (unpaired) electrons. The maximum atomic E-state index is 13.0. The van der Waals surface area contributed by atoms with E-state index in [9.17, 15) is 4.79 Å². The molecule has 3 rings (SSSR count). The third kappa shape index (κ3) is 3.89. The molecule has 0 fully saturated rings. The molecule has 26 heavy (non-hydrogen) atoms. The van der Waals surface area contributed by atoms with Crippen molar-refractivity contribution in [1.82, 2.24) is 10.6 Å². The first-order valence-electron chi connectivity index (χ1n) is 7.97. The topological polar surface area (TPSA) is 62.4 Å². The molecule has 1 unspecified atom stereocenters. The Morgan fingerprint density at radius 3 is 2.58 bits per heavy atom. The van der Waals surface area contributed by atoms with Gasteiger partial charge in [0.05, 0.1) is 24.4 Å². The molecule has 0 bridgehead atoms. The second kappa shape index (κ2) is 7.88. The van der Waals surface area contributed by atoms with Crippen LogP contribution < -0.4 is 20.7 Å². The van der Waals surface area contributed by atoms with Crippen molar-refractivity contribution in [3.63, 3.8) is 0 Å². The van der Waals surface area contributed by atoms with Gasteiger partial charge in [-0.15, -0.1) is 0 Å². The Bertz CT molecular complexity index is 881. The number of anilines is 1. The minimum absolute atomic E-state index is 0.220. The van der Waals surface area contributed by atoms with E-state index in [4.69, 9.17) is 17.0 Å². The largest absolute Gasteiger partial charge is 0.495 e. The number of allylic oxidation sites excluding steroid dienone is 1. The average molecular weight is 432 g/mol. The summed E-state index contributed by atoms with van der Waals surface area (Å²) in [6.07, 6.45) is 0. The van der Waals surface area contributed by atoms with Gasteiger partial charge in [-0.05, 0) is 49.0 Å². The Kier molecular flexibility index (Phi) is 5.58. The van der Waals surface area contributed by atoms with Gasteiger partial charge >= 0.3 is 0 Å². The molecule has 2 aromatic carbocycles. The Morgan fingerprint density at radius 2 is 1.88 bits per heavy atom. The smallest absolute Gasteiger partial charge is 0.255 e. The molecule has 7 heteroatoms. The number of halogens is 1. The number of hydrogen-bond donors (Lipinski definition) is 3. The van der Waals surface area contributed by atoms with Crippen LogP contribution in [0.2, 0.25) is 0 Å². The van der Waals surface area contributed by atoms with Crippen molar-refractivity contribution in [2.75, 3.05) is 12.4 Å². The van der Waals surface area contributed by atoms with Crippen LogP contribution in [-0.2, 0) is 4.79 Å². The monoisotopic (exact) mass is 431 g/mol. The number of benzene rings is 2. The van der Waals surface area contributed by atoms with E-state index in [0.717, 1.165) is 10.0 Å². The highest BCUT2D eigenvalue weighted by Crippen LogP contribution is 2.30. The number of para-hydroxylation sites is 2. The van der Waals surface area contributed by atoms with Gasteiger partial charge in [0.15, 0.2) is 5.11 Å². The van der Waals surface area contributed by atoms with E-state index in [1.807, 2.05) is 43.3 Å². The molecule has 0 spiro atoms. The second-order valence-corrected chi connectivity index (χ2v) is 7.10. The molecule has 2 aromatic rings. The van der Waals surface area contributed by atoms with Gasteiger partial charge in [-0.25, -0.2) is 0 Å². The third-order valence-electron chi connectivity index (χ3n) is 4.07. The lowest BCUT2D eigenvalue weighted by atomic mass is 9.95. The highest BCUT2D eigenvalue weighted by Gasteiger charge is 2.30. The molecule has 0 aliphatic carbocycles. The second-order valence-electron chi connectivity index (χ2n) is 5.78. The first-order chi connectivity index (χ1) is 12.5. The minimum atomic E-state index is -0.341. The van der Waals surface area contributed by atoms with Crippen LogP contribution in [0.25, 0.3) is 0 Å². The van der Waals surface area contributed by atoms with Gasteiger partial charge in [-0.2, -0.15) is 0 Å². The quantitative estimate of drug-likeness (QED) is 0.640. The van der Waals surface area contributed by atoms with E-state index >= 15 is 0 Å². The molecular formula is C19H18BrN3O2S. The average Bonchev–Trinajstić information content (AvgIpc) is 2.62.